The minimum atomic E-state index is 0.273. The van der Waals surface area contributed by atoms with E-state index in [1.807, 2.05) is 6.20 Å². The van der Waals surface area contributed by atoms with Gasteiger partial charge in [-0.2, -0.15) is 0 Å². The van der Waals surface area contributed by atoms with Gasteiger partial charge in [0, 0.05) is 26.2 Å². The minimum absolute atomic E-state index is 0.273. The fourth-order valence-electron chi connectivity index (χ4n) is 2.45. The molecular weight excluding hydrogens is 268 g/mol. The summed E-state index contributed by atoms with van der Waals surface area (Å²) in [5.74, 6) is 1.01. The summed E-state index contributed by atoms with van der Waals surface area (Å²) in [6, 6.07) is 4.40. The molecule has 0 saturated carbocycles. The Morgan fingerprint density at radius 1 is 1.43 bits per heavy atom. The molecule has 0 amide bonds. The number of nitrogens with zero attached hydrogens (tertiary/aromatic N) is 2. The highest BCUT2D eigenvalue weighted by Crippen LogP contribution is 2.16. The highest BCUT2D eigenvalue weighted by atomic mass is 16.5. The van der Waals surface area contributed by atoms with Crippen LogP contribution in [0.4, 0.5) is 11.5 Å². The van der Waals surface area contributed by atoms with Gasteiger partial charge in [0.15, 0.2) is 0 Å². The van der Waals surface area contributed by atoms with Crippen LogP contribution in [0, 0.1) is 0 Å². The molecule has 1 aliphatic heterocycles. The standard InChI is InChI=1S/C15H26N4O2/c1-20-12-14(3-2-6-16)18-13-4-5-15(17-11-13)19-7-9-21-10-8-19/h4-5,11,14,18H,2-3,6-10,12,16H2,1H3. The fraction of sp³-hybridized carbons (Fsp3) is 0.667. The zero-order valence-electron chi connectivity index (χ0n) is 12.8. The van der Waals surface area contributed by atoms with Crippen LogP contribution in [-0.4, -0.2) is 57.6 Å². The number of rotatable bonds is 8. The Labute approximate surface area is 126 Å². The van der Waals surface area contributed by atoms with Crippen molar-refractivity contribution in [2.24, 2.45) is 5.73 Å². The third-order valence-corrected chi connectivity index (χ3v) is 3.58. The average molecular weight is 294 g/mol. The van der Waals surface area contributed by atoms with Crippen molar-refractivity contribution < 1.29 is 9.47 Å². The predicted molar refractivity (Wildman–Crippen MR) is 84.8 cm³/mol. The summed E-state index contributed by atoms with van der Waals surface area (Å²) in [4.78, 5) is 6.78. The summed E-state index contributed by atoms with van der Waals surface area (Å²) in [6.07, 6.45) is 3.87. The van der Waals surface area contributed by atoms with Gasteiger partial charge >= 0.3 is 0 Å². The predicted octanol–water partition coefficient (Wildman–Crippen LogP) is 1.08. The molecule has 3 N–H and O–H groups in total. The third-order valence-electron chi connectivity index (χ3n) is 3.58. The molecule has 6 nitrogen and oxygen atoms in total. The first-order valence-corrected chi connectivity index (χ1v) is 7.57. The molecule has 1 aromatic heterocycles. The second-order valence-electron chi connectivity index (χ2n) is 5.23. The Hall–Kier alpha value is -1.37. The number of anilines is 2. The van der Waals surface area contributed by atoms with Crippen molar-refractivity contribution in [1.82, 2.24) is 4.98 Å². The van der Waals surface area contributed by atoms with Crippen LogP contribution in [0.5, 0.6) is 0 Å². The molecule has 1 atom stereocenters. The van der Waals surface area contributed by atoms with E-state index in [9.17, 15) is 0 Å². The molecule has 1 aliphatic rings. The topological polar surface area (TPSA) is 72.6 Å². The van der Waals surface area contributed by atoms with Crippen LogP contribution < -0.4 is 16.0 Å². The van der Waals surface area contributed by atoms with Gasteiger partial charge in [-0.05, 0) is 31.5 Å². The van der Waals surface area contributed by atoms with E-state index in [0.29, 0.717) is 13.2 Å². The summed E-state index contributed by atoms with van der Waals surface area (Å²) in [6.45, 7) is 4.74. The van der Waals surface area contributed by atoms with Crippen LogP contribution in [0.1, 0.15) is 12.8 Å². The first-order valence-electron chi connectivity index (χ1n) is 7.57. The van der Waals surface area contributed by atoms with Gasteiger partial charge < -0.3 is 25.4 Å². The molecule has 0 bridgehead atoms. The summed E-state index contributed by atoms with van der Waals surface area (Å²) in [7, 11) is 1.72. The van der Waals surface area contributed by atoms with E-state index in [0.717, 1.165) is 50.7 Å². The van der Waals surface area contributed by atoms with Gasteiger partial charge in [-0.15, -0.1) is 0 Å². The number of aromatic nitrogens is 1. The number of morpholine rings is 1. The van der Waals surface area contributed by atoms with Gasteiger partial charge in [0.05, 0.1) is 31.7 Å². The largest absolute Gasteiger partial charge is 0.383 e. The Kier molecular flexibility index (Phi) is 6.72. The highest BCUT2D eigenvalue weighted by molar-refractivity contribution is 5.49. The number of ether oxygens (including phenoxy) is 2. The number of methoxy groups -OCH3 is 1. The van der Waals surface area contributed by atoms with E-state index in [4.69, 9.17) is 15.2 Å². The molecule has 118 valence electrons. The van der Waals surface area contributed by atoms with Crippen molar-refractivity contribution in [3.05, 3.63) is 18.3 Å². The Balaban J connectivity index is 1.90. The van der Waals surface area contributed by atoms with E-state index in [2.05, 4.69) is 27.3 Å². The zero-order valence-corrected chi connectivity index (χ0v) is 12.8. The Morgan fingerprint density at radius 3 is 2.86 bits per heavy atom. The van der Waals surface area contributed by atoms with Crippen molar-refractivity contribution in [3.63, 3.8) is 0 Å². The maximum atomic E-state index is 5.57. The SMILES string of the molecule is COCC(CCCN)Nc1ccc(N2CCOCC2)nc1. The molecule has 0 aliphatic carbocycles. The lowest BCUT2D eigenvalue weighted by Gasteiger charge is -2.28. The van der Waals surface area contributed by atoms with Crippen LogP contribution in [0.15, 0.2) is 18.3 Å². The van der Waals surface area contributed by atoms with E-state index in [1.54, 1.807) is 7.11 Å². The van der Waals surface area contributed by atoms with Crippen LogP contribution in [0.3, 0.4) is 0 Å². The summed E-state index contributed by atoms with van der Waals surface area (Å²) < 4.78 is 10.6. The van der Waals surface area contributed by atoms with E-state index in [-0.39, 0.29) is 6.04 Å². The number of hydrogen-bond donors (Lipinski definition) is 2. The number of hydrogen-bond acceptors (Lipinski definition) is 6. The molecule has 1 saturated heterocycles. The fourth-order valence-corrected chi connectivity index (χ4v) is 2.45. The molecule has 1 aromatic rings. The van der Waals surface area contributed by atoms with Crippen molar-refractivity contribution in [2.75, 3.05) is 56.8 Å². The molecular formula is C15H26N4O2. The third kappa shape index (κ3) is 5.15. The second kappa shape index (κ2) is 8.81. The van der Waals surface area contributed by atoms with E-state index >= 15 is 0 Å². The molecule has 0 spiro atoms. The summed E-state index contributed by atoms with van der Waals surface area (Å²) >= 11 is 0. The summed E-state index contributed by atoms with van der Waals surface area (Å²) in [5, 5.41) is 3.46. The smallest absolute Gasteiger partial charge is 0.128 e. The Morgan fingerprint density at radius 2 is 2.24 bits per heavy atom. The molecule has 0 radical (unpaired) electrons. The lowest BCUT2D eigenvalue weighted by molar-refractivity contribution is 0.122. The van der Waals surface area contributed by atoms with Crippen molar-refractivity contribution in [3.8, 4) is 0 Å². The van der Waals surface area contributed by atoms with Gasteiger partial charge in [0.25, 0.3) is 0 Å². The highest BCUT2D eigenvalue weighted by Gasteiger charge is 2.13. The van der Waals surface area contributed by atoms with Crippen LogP contribution >= 0.6 is 0 Å². The van der Waals surface area contributed by atoms with Gasteiger partial charge in [0.1, 0.15) is 5.82 Å². The maximum absolute atomic E-state index is 5.57. The van der Waals surface area contributed by atoms with Crippen molar-refractivity contribution >= 4 is 11.5 Å². The first kappa shape index (κ1) is 16.0. The molecule has 2 heterocycles. The van der Waals surface area contributed by atoms with Gasteiger partial charge in [-0.1, -0.05) is 0 Å². The van der Waals surface area contributed by atoms with Crippen LogP contribution in [0.25, 0.3) is 0 Å². The lowest BCUT2D eigenvalue weighted by atomic mass is 10.1. The Bertz CT molecular complexity index is 393. The second-order valence-corrected chi connectivity index (χ2v) is 5.23. The van der Waals surface area contributed by atoms with Gasteiger partial charge in [-0.3, -0.25) is 0 Å². The van der Waals surface area contributed by atoms with Crippen molar-refractivity contribution in [1.29, 1.82) is 0 Å². The van der Waals surface area contributed by atoms with E-state index in [1.165, 1.54) is 0 Å². The van der Waals surface area contributed by atoms with Crippen molar-refractivity contribution in [2.45, 2.75) is 18.9 Å². The average Bonchev–Trinajstić information content (AvgIpc) is 2.54. The molecule has 2 rings (SSSR count). The van der Waals surface area contributed by atoms with Gasteiger partial charge in [0.2, 0.25) is 0 Å². The molecule has 1 unspecified atom stereocenters. The molecule has 6 heteroatoms. The van der Waals surface area contributed by atoms with Gasteiger partial charge in [-0.25, -0.2) is 4.98 Å². The molecule has 21 heavy (non-hydrogen) atoms. The van der Waals surface area contributed by atoms with Crippen LogP contribution in [0.2, 0.25) is 0 Å². The monoisotopic (exact) mass is 294 g/mol. The lowest BCUT2D eigenvalue weighted by Crippen LogP contribution is -2.36. The number of nitrogens with two attached hydrogens (primary N) is 1. The normalized spacial score (nSPS) is 16.8. The first-order chi connectivity index (χ1) is 10.3. The zero-order chi connectivity index (χ0) is 14.9. The maximum Gasteiger partial charge on any atom is 0.128 e. The van der Waals surface area contributed by atoms with E-state index < -0.39 is 0 Å². The number of pyridine rings is 1. The molecule has 0 aromatic carbocycles. The quantitative estimate of drug-likeness (QED) is 0.747. The minimum Gasteiger partial charge on any atom is -0.383 e. The molecule has 1 fully saturated rings. The van der Waals surface area contributed by atoms with Crippen LogP contribution in [-0.2, 0) is 9.47 Å². The summed E-state index contributed by atoms with van der Waals surface area (Å²) in [5.41, 5.74) is 6.59. The number of nitrogens with one attached hydrogen (secondary N) is 1.